The molecule has 0 saturated heterocycles. The summed E-state index contributed by atoms with van der Waals surface area (Å²) in [6.07, 6.45) is 0.691. The zero-order valence-electron chi connectivity index (χ0n) is 16.6. The minimum absolute atomic E-state index is 0.00604. The topological polar surface area (TPSA) is 113 Å². The molecule has 0 bridgehead atoms. The van der Waals surface area contributed by atoms with E-state index >= 15 is 0 Å². The Labute approximate surface area is 182 Å². The van der Waals surface area contributed by atoms with Crippen molar-refractivity contribution in [3.63, 3.8) is 0 Å². The van der Waals surface area contributed by atoms with Gasteiger partial charge < -0.3 is 4.74 Å². The van der Waals surface area contributed by atoms with Crippen LogP contribution in [0, 0.1) is 26.0 Å². The van der Waals surface area contributed by atoms with Gasteiger partial charge in [0.1, 0.15) is 11.7 Å². The summed E-state index contributed by atoms with van der Waals surface area (Å²) in [6.45, 7) is 0.835. The number of carbonyl (C=O) groups excluding carboxylic acids is 1. The van der Waals surface area contributed by atoms with Crippen LogP contribution >= 0.6 is 11.6 Å². The van der Waals surface area contributed by atoms with Crippen molar-refractivity contribution in [3.05, 3.63) is 96.3 Å². The minimum atomic E-state index is -1.53. The number of benzene rings is 2. The van der Waals surface area contributed by atoms with Gasteiger partial charge in [-0.05, 0) is 36.8 Å². The number of carbonyl (C=O) groups is 1. The summed E-state index contributed by atoms with van der Waals surface area (Å²) in [5.41, 5.74) is 0.220. The van der Waals surface area contributed by atoms with Crippen LogP contribution in [0.25, 0.3) is 6.08 Å². The summed E-state index contributed by atoms with van der Waals surface area (Å²) in [7, 11) is 0. The van der Waals surface area contributed by atoms with Crippen molar-refractivity contribution in [1.82, 2.24) is 0 Å². The Balaban J connectivity index is 2.50. The highest BCUT2D eigenvalue weighted by atomic mass is 35.5. The number of ether oxygens (including phenoxy) is 1. The molecular weight excluding hydrogens is 431 g/mol. The first-order valence-electron chi connectivity index (χ1n) is 9.35. The fourth-order valence-electron chi connectivity index (χ4n) is 3.11. The van der Waals surface area contributed by atoms with Gasteiger partial charge in [-0.15, -0.1) is 0 Å². The summed E-state index contributed by atoms with van der Waals surface area (Å²) >= 11 is 5.86. The second kappa shape index (κ2) is 11.2. The number of esters is 1. The van der Waals surface area contributed by atoms with Crippen LogP contribution in [0.3, 0.4) is 0 Å². The van der Waals surface area contributed by atoms with Crippen molar-refractivity contribution in [2.24, 2.45) is 0 Å². The number of nitrogens with zero attached hydrogens (tertiary/aromatic N) is 2. The fraction of sp³-hybridized carbons (Fsp3) is 0.286. The maximum Gasteiger partial charge on any atom is 0.334 e. The average molecular weight is 451 g/mol. The fourth-order valence-corrected chi connectivity index (χ4v) is 3.24. The summed E-state index contributed by atoms with van der Waals surface area (Å²) in [5, 5.41) is 23.5. The molecule has 0 aromatic heterocycles. The SMILES string of the molecule is CCOC(=O)/C(=C/c1ccccc1F)C[C@@H]([C@@H](C[N+](=O)[O-])c1ccc(Cl)cc1)[N+](=O)[O-]. The van der Waals surface area contributed by atoms with Gasteiger partial charge in [-0.2, -0.15) is 0 Å². The molecule has 2 atom stereocenters. The Morgan fingerprint density at radius 1 is 1.16 bits per heavy atom. The second-order valence-electron chi connectivity index (χ2n) is 6.64. The number of hydrogen-bond donors (Lipinski definition) is 0. The Bertz CT molecular complexity index is 980. The van der Waals surface area contributed by atoms with Gasteiger partial charge >= 0.3 is 5.97 Å². The molecule has 0 unspecified atom stereocenters. The number of halogens is 2. The lowest BCUT2D eigenvalue weighted by molar-refractivity contribution is -0.546. The minimum Gasteiger partial charge on any atom is -0.463 e. The van der Waals surface area contributed by atoms with Crippen LogP contribution in [0.2, 0.25) is 5.02 Å². The smallest absolute Gasteiger partial charge is 0.334 e. The normalized spacial score (nSPS) is 13.3. The van der Waals surface area contributed by atoms with Crippen molar-refractivity contribution in [2.75, 3.05) is 13.2 Å². The van der Waals surface area contributed by atoms with E-state index in [9.17, 15) is 29.4 Å². The predicted molar refractivity (Wildman–Crippen MR) is 112 cm³/mol. The van der Waals surface area contributed by atoms with E-state index in [0.29, 0.717) is 10.6 Å². The highest BCUT2D eigenvalue weighted by Crippen LogP contribution is 2.29. The van der Waals surface area contributed by atoms with Gasteiger partial charge in [0.15, 0.2) is 0 Å². The Hall–Kier alpha value is -3.33. The van der Waals surface area contributed by atoms with Crippen LogP contribution in [-0.4, -0.2) is 35.0 Å². The summed E-state index contributed by atoms with van der Waals surface area (Å²) in [4.78, 5) is 34.3. The molecule has 2 aromatic carbocycles. The van der Waals surface area contributed by atoms with Crippen molar-refractivity contribution in [1.29, 1.82) is 0 Å². The van der Waals surface area contributed by atoms with Gasteiger partial charge in [0.25, 0.3) is 0 Å². The van der Waals surface area contributed by atoms with Crippen LogP contribution in [0.4, 0.5) is 4.39 Å². The standard InChI is InChI=1S/C21H20ClFN2O6/c1-2-31-21(26)16(11-15-5-3-4-6-19(15)23)12-20(25(29)30)18(13-24(27)28)14-7-9-17(22)10-8-14/h3-11,18,20H,2,12-13H2,1H3/b16-11+/t18-,20-/m0/s1. The van der Waals surface area contributed by atoms with Crippen LogP contribution < -0.4 is 0 Å². The molecule has 0 heterocycles. The third-order valence-corrected chi connectivity index (χ3v) is 4.83. The molecule has 0 aliphatic carbocycles. The van der Waals surface area contributed by atoms with Crippen LogP contribution in [-0.2, 0) is 9.53 Å². The molecule has 0 spiro atoms. The van der Waals surface area contributed by atoms with E-state index in [1.807, 2.05) is 0 Å². The van der Waals surface area contributed by atoms with Gasteiger partial charge in [-0.1, -0.05) is 41.9 Å². The van der Waals surface area contributed by atoms with Crippen molar-refractivity contribution >= 4 is 23.6 Å². The van der Waals surface area contributed by atoms with Crippen LogP contribution in [0.15, 0.2) is 54.1 Å². The first kappa shape index (κ1) is 23.9. The van der Waals surface area contributed by atoms with Gasteiger partial charge in [0.2, 0.25) is 12.6 Å². The molecule has 2 aromatic rings. The molecule has 0 fully saturated rings. The molecule has 0 N–H and O–H groups in total. The molecule has 10 heteroatoms. The van der Waals surface area contributed by atoms with Crippen LogP contribution in [0.5, 0.6) is 0 Å². The molecule has 0 radical (unpaired) electrons. The Morgan fingerprint density at radius 2 is 1.81 bits per heavy atom. The third-order valence-electron chi connectivity index (χ3n) is 4.58. The van der Waals surface area contributed by atoms with Gasteiger partial charge in [0.05, 0.1) is 6.61 Å². The first-order valence-corrected chi connectivity index (χ1v) is 9.73. The lowest BCUT2D eigenvalue weighted by Crippen LogP contribution is -2.33. The average Bonchev–Trinajstić information content (AvgIpc) is 2.71. The highest BCUT2D eigenvalue weighted by molar-refractivity contribution is 6.30. The van der Waals surface area contributed by atoms with E-state index in [0.717, 1.165) is 0 Å². The van der Waals surface area contributed by atoms with Crippen molar-refractivity contribution in [2.45, 2.75) is 25.3 Å². The summed E-state index contributed by atoms with van der Waals surface area (Å²) in [5.74, 6) is -2.63. The highest BCUT2D eigenvalue weighted by Gasteiger charge is 2.38. The maximum absolute atomic E-state index is 14.1. The van der Waals surface area contributed by atoms with E-state index in [-0.39, 0.29) is 17.7 Å². The zero-order valence-corrected chi connectivity index (χ0v) is 17.3. The van der Waals surface area contributed by atoms with Gasteiger partial charge in [-0.3, -0.25) is 20.2 Å². The van der Waals surface area contributed by atoms with E-state index in [4.69, 9.17) is 16.3 Å². The third kappa shape index (κ3) is 6.85. The summed E-state index contributed by atoms with van der Waals surface area (Å²) < 4.78 is 19.1. The molecule has 0 amide bonds. The maximum atomic E-state index is 14.1. The van der Waals surface area contributed by atoms with Crippen LogP contribution in [0.1, 0.15) is 30.4 Å². The largest absolute Gasteiger partial charge is 0.463 e. The predicted octanol–water partition coefficient (Wildman–Crippen LogP) is 4.52. The van der Waals surface area contributed by atoms with Crippen molar-refractivity contribution in [3.8, 4) is 0 Å². The summed E-state index contributed by atoms with van der Waals surface area (Å²) in [6, 6.07) is 9.95. The van der Waals surface area contributed by atoms with E-state index in [1.54, 1.807) is 13.0 Å². The molecule has 31 heavy (non-hydrogen) atoms. The molecular formula is C21H20ClFN2O6. The monoisotopic (exact) mass is 450 g/mol. The van der Waals surface area contributed by atoms with Gasteiger partial charge in [0, 0.05) is 32.4 Å². The van der Waals surface area contributed by atoms with Crippen molar-refractivity contribution < 1.29 is 23.8 Å². The lowest BCUT2D eigenvalue weighted by Gasteiger charge is -2.19. The molecule has 2 rings (SSSR count). The zero-order chi connectivity index (χ0) is 23.0. The second-order valence-corrected chi connectivity index (χ2v) is 7.08. The van der Waals surface area contributed by atoms with E-state index < -0.39 is 46.6 Å². The quantitative estimate of drug-likeness (QED) is 0.227. The molecule has 0 saturated carbocycles. The number of hydrogen-bond acceptors (Lipinski definition) is 6. The Morgan fingerprint density at radius 3 is 2.35 bits per heavy atom. The van der Waals surface area contributed by atoms with Gasteiger partial charge in [-0.25, -0.2) is 9.18 Å². The van der Waals surface area contributed by atoms with E-state index in [1.165, 1.54) is 48.5 Å². The molecule has 0 aliphatic heterocycles. The lowest BCUT2D eigenvalue weighted by atomic mass is 9.87. The molecule has 0 aliphatic rings. The number of nitro groups is 2. The van der Waals surface area contributed by atoms with E-state index in [2.05, 4.69) is 0 Å². The number of rotatable bonds is 10. The first-order chi connectivity index (χ1) is 14.7. The molecule has 8 nitrogen and oxygen atoms in total. The molecule has 164 valence electrons. The Kier molecular flexibility index (Phi) is 8.63.